The van der Waals surface area contributed by atoms with Crippen molar-refractivity contribution in [3.8, 4) is 11.1 Å². The van der Waals surface area contributed by atoms with Crippen LogP contribution in [0.5, 0.6) is 0 Å². The van der Waals surface area contributed by atoms with Gasteiger partial charge in [-0.1, -0.05) is 55.0 Å². The molecule has 0 bridgehead atoms. The van der Waals surface area contributed by atoms with Gasteiger partial charge in [-0.05, 0) is 54.4 Å². The number of hydrogen-bond acceptors (Lipinski definition) is 4. The largest absolute Gasteiger partial charge is 0.481 e. The van der Waals surface area contributed by atoms with E-state index in [1.165, 1.54) is 22.3 Å². The fraction of sp³-hybridized carbons (Fsp3) is 0.444. The Bertz CT molecular complexity index is 992. The Hall–Kier alpha value is -3.35. The number of unbranched alkanes of at least 4 members (excludes halogenated alkanes) is 1. The summed E-state index contributed by atoms with van der Waals surface area (Å²) in [7, 11) is 0. The average Bonchev–Trinajstić information content (AvgIpc) is 3.16. The van der Waals surface area contributed by atoms with E-state index in [0.717, 1.165) is 19.3 Å². The zero-order valence-electron chi connectivity index (χ0n) is 19.3. The van der Waals surface area contributed by atoms with Gasteiger partial charge in [-0.15, -0.1) is 0 Å². The highest BCUT2D eigenvalue weighted by Crippen LogP contribution is 2.44. The predicted molar refractivity (Wildman–Crippen MR) is 128 cm³/mol. The van der Waals surface area contributed by atoms with Crippen LogP contribution in [0.4, 0.5) is 4.79 Å². The molecule has 2 atom stereocenters. The number of amides is 2. The normalized spacial score (nSPS) is 19.1. The van der Waals surface area contributed by atoms with Crippen LogP contribution in [0.2, 0.25) is 0 Å². The second kappa shape index (κ2) is 11.2. The van der Waals surface area contributed by atoms with Gasteiger partial charge in [-0.2, -0.15) is 0 Å². The molecule has 7 nitrogen and oxygen atoms in total. The molecule has 0 unspecified atom stereocenters. The number of alkyl carbamates (subject to hydrolysis) is 1. The molecule has 0 radical (unpaired) electrons. The Labute approximate surface area is 199 Å². The van der Waals surface area contributed by atoms with Gasteiger partial charge in [0.15, 0.2) is 0 Å². The number of carboxylic acids is 1. The maximum absolute atomic E-state index is 12.6. The van der Waals surface area contributed by atoms with Crippen LogP contribution in [0.25, 0.3) is 11.1 Å². The SMILES string of the molecule is O=C(O)CCCCNC(=O)[C@@H]1CCC[C@@H](NC(=O)OCC2c3ccccc3-c3ccccc32)C1. The number of carbonyl (C=O) groups is 3. The number of hydrogen-bond donors (Lipinski definition) is 3. The van der Waals surface area contributed by atoms with Crippen molar-refractivity contribution >= 4 is 18.0 Å². The van der Waals surface area contributed by atoms with E-state index in [1.807, 2.05) is 24.3 Å². The van der Waals surface area contributed by atoms with Crippen molar-refractivity contribution in [2.24, 2.45) is 5.92 Å². The highest BCUT2D eigenvalue weighted by Gasteiger charge is 2.31. The van der Waals surface area contributed by atoms with Gasteiger partial charge in [0.1, 0.15) is 6.61 Å². The number of aliphatic carboxylic acids is 1. The minimum absolute atomic E-state index is 0.0177. The molecule has 0 spiro atoms. The summed E-state index contributed by atoms with van der Waals surface area (Å²) in [6.45, 7) is 0.750. The lowest BCUT2D eigenvalue weighted by molar-refractivity contribution is -0.137. The molecule has 2 aromatic carbocycles. The van der Waals surface area contributed by atoms with Crippen LogP contribution in [0, 0.1) is 5.92 Å². The monoisotopic (exact) mass is 464 g/mol. The molecule has 7 heteroatoms. The lowest BCUT2D eigenvalue weighted by Crippen LogP contribution is -2.43. The molecule has 2 aliphatic rings. The molecule has 0 saturated heterocycles. The van der Waals surface area contributed by atoms with E-state index in [1.54, 1.807) is 0 Å². The molecule has 0 aromatic heterocycles. The lowest BCUT2D eigenvalue weighted by Gasteiger charge is -2.29. The van der Waals surface area contributed by atoms with Crippen molar-refractivity contribution in [2.75, 3.05) is 13.2 Å². The molecule has 1 fully saturated rings. The summed E-state index contributed by atoms with van der Waals surface area (Å²) in [5.41, 5.74) is 4.73. The van der Waals surface area contributed by atoms with Gasteiger partial charge in [-0.25, -0.2) is 4.79 Å². The summed E-state index contributed by atoms with van der Waals surface area (Å²) in [5.74, 6) is -0.966. The topological polar surface area (TPSA) is 105 Å². The summed E-state index contributed by atoms with van der Waals surface area (Å²) in [6, 6.07) is 16.4. The number of fused-ring (bicyclic) bond motifs is 3. The van der Waals surface area contributed by atoms with Crippen LogP contribution in [0.15, 0.2) is 48.5 Å². The highest BCUT2D eigenvalue weighted by molar-refractivity contribution is 5.80. The molecule has 0 aliphatic heterocycles. The van der Waals surface area contributed by atoms with E-state index in [-0.39, 0.29) is 36.8 Å². The molecule has 180 valence electrons. The second-order valence-corrected chi connectivity index (χ2v) is 9.17. The number of carbonyl (C=O) groups excluding carboxylic acids is 2. The van der Waals surface area contributed by atoms with Gasteiger partial charge < -0.3 is 20.5 Å². The van der Waals surface area contributed by atoms with Crippen LogP contribution >= 0.6 is 0 Å². The Kier molecular flexibility index (Phi) is 7.83. The van der Waals surface area contributed by atoms with Crippen LogP contribution in [0.3, 0.4) is 0 Å². The van der Waals surface area contributed by atoms with Crippen molar-refractivity contribution in [2.45, 2.75) is 56.9 Å². The first-order chi connectivity index (χ1) is 16.5. The van der Waals surface area contributed by atoms with Crippen LogP contribution in [0.1, 0.15) is 62.0 Å². The minimum Gasteiger partial charge on any atom is -0.481 e. The summed E-state index contributed by atoms with van der Waals surface area (Å²) < 4.78 is 5.65. The first-order valence-corrected chi connectivity index (χ1v) is 12.1. The highest BCUT2D eigenvalue weighted by atomic mass is 16.5. The molecule has 0 heterocycles. The lowest BCUT2D eigenvalue weighted by atomic mass is 9.85. The molecule has 1 saturated carbocycles. The Morgan fingerprint density at radius 3 is 2.29 bits per heavy atom. The number of ether oxygens (including phenoxy) is 1. The molecule has 4 rings (SSSR count). The summed E-state index contributed by atoms with van der Waals surface area (Å²) >= 11 is 0. The van der Waals surface area contributed by atoms with E-state index < -0.39 is 12.1 Å². The van der Waals surface area contributed by atoms with E-state index in [4.69, 9.17) is 9.84 Å². The van der Waals surface area contributed by atoms with Crippen molar-refractivity contribution in [3.63, 3.8) is 0 Å². The van der Waals surface area contributed by atoms with Crippen LogP contribution < -0.4 is 10.6 Å². The Morgan fingerprint density at radius 1 is 0.941 bits per heavy atom. The van der Waals surface area contributed by atoms with Crippen molar-refractivity contribution in [1.82, 2.24) is 10.6 Å². The molecule has 34 heavy (non-hydrogen) atoms. The number of benzene rings is 2. The van der Waals surface area contributed by atoms with Crippen molar-refractivity contribution in [1.29, 1.82) is 0 Å². The fourth-order valence-corrected chi connectivity index (χ4v) is 5.12. The van der Waals surface area contributed by atoms with Crippen LogP contribution in [-0.4, -0.2) is 42.3 Å². The fourth-order valence-electron chi connectivity index (χ4n) is 5.12. The summed E-state index contributed by atoms with van der Waals surface area (Å²) in [6.07, 6.45) is 3.94. The smallest absolute Gasteiger partial charge is 0.407 e. The molecule has 2 aliphatic carbocycles. The standard InChI is InChI=1S/C27H32N2O5/c30-25(31)14-5-6-15-28-26(32)18-8-7-9-19(16-18)29-27(33)34-17-24-22-12-3-1-10-20(22)21-11-2-4-13-23(21)24/h1-4,10-13,18-19,24H,5-9,14-17H2,(H,28,32)(H,29,33)(H,30,31)/t18-,19-/m1/s1. The average molecular weight is 465 g/mol. The van der Waals surface area contributed by atoms with E-state index in [0.29, 0.717) is 25.8 Å². The number of rotatable bonds is 9. The maximum Gasteiger partial charge on any atom is 0.407 e. The minimum atomic E-state index is -0.819. The van der Waals surface area contributed by atoms with E-state index in [2.05, 4.69) is 34.9 Å². The molecule has 2 aromatic rings. The zero-order chi connectivity index (χ0) is 23.9. The van der Waals surface area contributed by atoms with Gasteiger partial charge in [-0.3, -0.25) is 9.59 Å². The quantitative estimate of drug-likeness (QED) is 0.476. The molecule has 2 amide bonds. The summed E-state index contributed by atoms with van der Waals surface area (Å²) in [4.78, 5) is 35.6. The van der Waals surface area contributed by atoms with E-state index >= 15 is 0 Å². The second-order valence-electron chi connectivity index (χ2n) is 9.17. The summed E-state index contributed by atoms with van der Waals surface area (Å²) in [5, 5.41) is 14.5. The van der Waals surface area contributed by atoms with Gasteiger partial charge in [0.2, 0.25) is 5.91 Å². The Morgan fingerprint density at radius 2 is 1.62 bits per heavy atom. The third kappa shape index (κ3) is 5.76. The van der Waals surface area contributed by atoms with Crippen molar-refractivity contribution < 1.29 is 24.2 Å². The first-order valence-electron chi connectivity index (χ1n) is 12.1. The van der Waals surface area contributed by atoms with Gasteiger partial charge >= 0.3 is 12.1 Å². The van der Waals surface area contributed by atoms with Gasteiger partial charge in [0.25, 0.3) is 0 Å². The third-order valence-electron chi connectivity index (χ3n) is 6.83. The van der Waals surface area contributed by atoms with Crippen molar-refractivity contribution in [3.05, 3.63) is 59.7 Å². The maximum atomic E-state index is 12.6. The van der Waals surface area contributed by atoms with Crippen LogP contribution in [-0.2, 0) is 14.3 Å². The first kappa shape index (κ1) is 23.8. The zero-order valence-corrected chi connectivity index (χ0v) is 19.3. The van der Waals surface area contributed by atoms with E-state index in [9.17, 15) is 14.4 Å². The van der Waals surface area contributed by atoms with Gasteiger partial charge in [0.05, 0.1) is 0 Å². The molecular weight excluding hydrogens is 432 g/mol. The predicted octanol–water partition coefficient (Wildman–Crippen LogP) is 4.46. The van der Waals surface area contributed by atoms with Gasteiger partial charge in [0, 0.05) is 30.8 Å². The number of carboxylic acid groups (broad SMARTS) is 1. The number of nitrogens with one attached hydrogen (secondary N) is 2. The molecule has 3 N–H and O–H groups in total. The third-order valence-corrected chi connectivity index (χ3v) is 6.83. The molecular formula is C27H32N2O5. The Balaban J connectivity index is 1.24.